The number of terminal acetylenes is 1. The Balaban J connectivity index is 1.53. The van der Waals surface area contributed by atoms with Crippen LogP contribution in [-0.4, -0.2) is 17.5 Å². The molecule has 0 bridgehead atoms. The lowest BCUT2D eigenvalue weighted by Gasteiger charge is -2.08. The second-order valence-electron chi connectivity index (χ2n) is 5.85. The van der Waals surface area contributed by atoms with Gasteiger partial charge in [-0.1, -0.05) is 18.2 Å². The quantitative estimate of drug-likeness (QED) is 0.476. The molecule has 4 nitrogen and oxygen atoms in total. The van der Waals surface area contributed by atoms with E-state index in [2.05, 4.69) is 16.2 Å². The van der Waals surface area contributed by atoms with E-state index in [1.165, 1.54) is 11.3 Å². The van der Waals surface area contributed by atoms with Crippen LogP contribution in [-0.2, 0) is 6.54 Å². The smallest absolute Gasteiger partial charge is 0.261 e. The second kappa shape index (κ2) is 9.02. The van der Waals surface area contributed by atoms with Crippen LogP contribution in [0.2, 0.25) is 0 Å². The number of thiophene rings is 1. The maximum atomic E-state index is 12.4. The highest BCUT2D eigenvalue weighted by atomic mass is 32.1. The van der Waals surface area contributed by atoms with Crippen LogP contribution in [0.5, 0.6) is 5.75 Å². The molecule has 132 valence electrons. The molecule has 0 atom stereocenters. The summed E-state index contributed by atoms with van der Waals surface area (Å²) in [6, 6.07) is 13.5. The summed E-state index contributed by atoms with van der Waals surface area (Å²) in [5.74, 6) is 3.35. The zero-order chi connectivity index (χ0) is 18.2. The summed E-state index contributed by atoms with van der Waals surface area (Å²) in [6.45, 7) is 1.10. The van der Waals surface area contributed by atoms with Crippen molar-refractivity contribution in [2.75, 3.05) is 6.61 Å². The molecule has 0 spiro atoms. The van der Waals surface area contributed by atoms with E-state index in [1.807, 2.05) is 42.5 Å². The number of unbranched alkanes of at least 4 members (excludes halogenated alkanes) is 2. The van der Waals surface area contributed by atoms with Crippen molar-refractivity contribution < 1.29 is 9.53 Å². The fraction of sp³-hybridized carbons (Fsp3) is 0.238. The van der Waals surface area contributed by atoms with E-state index < -0.39 is 0 Å². The molecule has 0 saturated heterocycles. The third kappa shape index (κ3) is 4.84. The van der Waals surface area contributed by atoms with Gasteiger partial charge in [0.1, 0.15) is 10.6 Å². The first-order valence-electron chi connectivity index (χ1n) is 8.54. The van der Waals surface area contributed by atoms with E-state index in [0.29, 0.717) is 18.0 Å². The number of carbonyl (C=O) groups excluding carboxylic acids is 1. The first kappa shape index (κ1) is 18.0. The Hall–Kier alpha value is -2.84. The summed E-state index contributed by atoms with van der Waals surface area (Å²) in [5.41, 5.74) is 0.999. The van der Waals surface area contributed by atoms with Crippen molar-refractivity contribution in [3.8, 4) is 18.1 Å². The van der Waals surface area contributed by atoms with Crippen LogP contribution in [0, 0.1) is 12.3 Å². The monoisotopic (exact) mass is 364 g/mol. The fourth-order valence-corrected chi connectivity index (χ4v) is 3.44. The predicted molar refractivity (Wildman–Crippen MR) is 105 cm³/mol. The summed E-state index contributed by atoms with van der Waals surface area (Å²) < 4.78 is 5.74. The van der Waals surface area contributed by atoms with Crippen LogP contribution in [0.15, 0.2) is 48.7 Å². The second-order valence-corrected chi connectivity index (χ2v) is 6.88. The molecule has 0 aliphatic heterocycles. The highest BCUT2D eigenvalue weighted by Gasteiger charge is 2.10. The Labute approximate surface area is 157 Å². The van der Waals surface area contributed by atoms with Crippen molar-refractivity contribution in [3.05, 3.63) is 59.1 Å². The minimum absolute atomic E-state index is 0.0893. The number of ether oxygens (including phenoxy) is 1. The van der Waals surface area contributed by atoms with Gasteiger partial charge in [0, 0.05) is 24.5 Å². The van der Waals surface area contributed by atoms with Crippen LogP contribution < -0.4 is 10.1 Å². The Morgan fingerprint density at radius 2 is 2.15 bits per heavy atom. The molecule has 1 aromatic carbocycles. The molecule has 0 unspecified atom stereocenters. The highest BCUT2D eigenvalue weighted by molar-refractivity contribution is 7.20. The Kier molecular flexibility index (Phi) is 6.24. The number of rotatable bonds is 8. The van der Waals surface area contributed by atoms with Crippen LogP contribution in [0.1, 0.15) is 34.5 Å². The standard InChI is InChI=1S/C21H20N2O2S/c1-2-3-4-5-12-25-18-10-6-8-16(13-18)15-23-20(24)19-14-17-9-7-11-22-21(17)26-19/h1,6-11,13-14H,3-5,12,15H2,(H,23,24). The number of amides is 1. The molecule has 0 saturated carbocycles. The maximum Gasteiger partial charge on any atom is 0.261 e. The number of benzene rings is 1. The van der Waals surface area contributed by atoms with Crippen LogP contribution in [0.4, 0.5) is 0 Å². The molecular formula is C21H20N2O2S. The molecule has 2 aromatic heterocycles. The van der Waals surface area contributed by atoms with E-state index >= 15 is 0 Å². The molecule has 5 heteroatoms. The zero-order valence-corrected chi connectivity index (χ0v) is 15.2. The number of aromatic nitrogens is 1. The molecule has 1 amide bonds. The average Bonchev–Trinajstić information content (AvgIpc) is 3.11. The molecule has 0 aliphatic rings. The van der Waals surface area contributed by atoms with Crippen molar-refractivity contribution >= 4 is 27.5 Å². The van der Waals surface area contributed by atoms with Crippen molar-refractivity contribution in [2.24, 2.45) is 0 Å². The largest absolute Gasteiger partial charge is 0.494 e. The lowest BCUT2D eigenvalue weighted by molar-refractivity contribution is 0.0955. The van der Waals surface area contributed by atoms with Crippen molar-refractivity contribution in [3.63, 3.8) is 0 Å². The number of nitrogens with zero attached hydrogens (tertiary/aromatic N) is 1. The summed E-state index contributed by atoms with van der Waals surface area (Å²) in [5, 5.41) is 3.94. The third-order valence-electron chi connectivity index (χ3n) is 3.85. The van der Waals surface area contributed by atoms with Gasteiger partial charge >= 0.3 is 0 Å². The molecular weight excluding hydrogens is 344 g/mol. The van der Waals surface area contributed by atoms with Gasteiger partial charge in [0.2, 0.25) is 0 Å². The van der Waals surface area contributed by atoms with Crippen LogP contribution in [0.25, 0.3) is 10.2 Å². The topological polar surface area (TPSA) is 51.2 Å². The highest BCUT2D eigenvalue weighted by Crippen LogP contribution is 2.23. The Bertz CT molecular complexity index is 894. The molecule has 1 N–H and O–H groups in total. The lowest BCUT2D eigenvalue weighted by Crippen LogP contribution is -2.21. The van der Waals surface area contributed by atoms with Gasteiger partial charge in [0.15, 0.2) is 0 Å². The van der Waals surface area contributed by atoms with Gasteiger partial charge in [0.05, 0.1) is 11.5 Å². The molecule has 3 rings (SSSR count). The van der Waals surface area contributed by atoms with Gasteiger partial charge in [0.25, 0.3) is 5.91 Å². The van der Waals surface area contributed by atoms with Gasteiger partial charge < -0.3 is 10.1 Å². The Morgan fingerprint density at radius 3 is 3.00 bits per heavy atom. The summed E-state index contributed by atoms with van der Waals surface area (Å²) in [7, 11) is 0. The van der Waals surface area contributed by atoms with E-state index in [4.69, 9.17) is 11.2 Å². The SMILES string of the molecule is C#CCCCCOc1cccc(CNC(=O)c2cc3cccnc3s2)c1. The minimum atomic E-state index is -0.0893. The molecule has 0 aliphatic carbocycles. The summed E-state index contributed by atoms with van der Waals surface area (Å²) in [4.78, 5) is 18.2. The number of nitrogens with one attached hydrogen (secondary N) is 1. The van der Waals surface area contributed by atoms with Crippen LogP contribution in [0.3, 0.4) is 0 Å². The molecule has 0 radical (unpaired) electrons. The van der Waals surface area contributed by atoms with E-state index in [-0.39, 0.29) is 5.91 Å². The average molecular weight is 364 g/mol. The molecule has 3 aromatic rings. The van der Waals surface area contributed by atoms with E-state index in [0.717, 1.165) is 40.8 Å². The van der Waals surface area contributed by atoms with Crippen molar-refractivity contribution in [1.29, 1.82) is 0 Å². The summed E-state index contributed by atoms with van der Waals surface area (Å²) >= 11 is 1.40. The first-order valence-corrected chi connectivity index (χ1v) is 9.36. The molecule has 0 fully saturated rings. The summed E-state index contributed by atoms with van der Waals surface area (Å²) in [6.07, 6.45) is 9.65. The minimum Gasteiger partial charge on any atom is -0.494 e. The molecule has 2 heterocycles. The predicted octanol–water partition coefficient (Wildman–Crippen LogP) is 4.41. The number of fused-ring (bicyclic) bond motifs is 1. The zero-order valence-electron chi connectivity index (χ0n) is 14.4. The maximum absolute atomic E-state index is 12.4. The van der Waals surface area contributed by atoms with Gasteiger partial charge in [-0.25, -0.2) is 4.98 Å². The third-order valence-corrected chi connectivity index (χ3v) is 4.91. The number of hydrogen-bond donors (Lipinski definition) is 1. The van der Waals surface area contributed by atoms with Gasteiger partial charge in [-0.3, -0.25) is 4.79 Å². The van der Waals surface area contributed by atoms with Crippen molar-refractivity contribution in [2.45, 2.75) is 25.8 Å². The number of pyridine rings is 1. The first-order chi connectivity index (χ1) is 12.8. The number of hydrogen-bond acceptors (Lipinski definition) is 4. The fourth-order valence-electron chi connectivity index (χ4n) is 2.52. The van der Waals surface area contributed by atoms with E-state index in [1.54, 1.807) is 6.20 Å². The normalized spacial score (nSPS) is 10.4. The van der Waals surface area contributed by atoms with Crippen LogP contribution >= 0.6 is 11.3 Å². The van der Waals surface area contributed by atoms with Gasteiger partial charge in [-0.15, -0.1) is 23.7 Å². The van der Waals surface area contributed by atoms with Gasteiger partial charge in [-0.2, -0.15) is 0 Å². The van der Waals surface area contributed by atoms with E-state index in [9.17, 15) is 4.79 Å². The number of carbonyl (C=O) groups is 1. The molecule has 26 heavy (non-hydrogen) atoms. The van der Waals surface area contributed by atoms with Gasteiger partial charge in [-0.05, 0) is 42.7 Å². The Morgan fingerprint density at radius 1 is 1.23 bits per heavy atom. The van der Waals surface area contributed by atoms with Crippen molar-refractivity contribution in [1.82, 2.24) is 10.3 Å². The lowest BCUT2D eigenvalue weighted by atomic mass is 10.2.